The van der Waals surface area contributed by atoms with E-state index in [0.717, 1.165) is 6.42 Å². The van der Waals surface area contributed by atoms with Gasteiger partial charge in [0.25, 0.3) is 5.91 Å². The van der Waals surface area contributed by atoms with Crippen molar-refractivity contribution in [3.05, 3.63) is 46.7 Å². The van der Waals surface area contributed by atoms with Crippen LogP contribution in [0.1, 0.15) is 16.2 Å². The van der Waals surface area contributed by atoms with E-state index in [-0.39, 0.29) is 11.7 Å². The predicted octanol–water partition coefficient (Wildman–Crippen LogP) is 1.51. The van der Waals surface area contributed by atoms with Gasteiger partial charge in [-0.25, -0.2) is 9.97 Å². The molecule has 0 aliphatic rings. The summed E-state index contributed by atoms with van der Waals surface area (Å²) >= 11 is 1.66. The highest BCUT2D eigenvalue weighted by atomic mass is 32.1. The van der Waals surface area contributed by atoms with Crippen LogP contribution in [0.25, 0.3) is 0 Å². The molecule has 0 aromatic carbocycles. The summed E-state index contributed by atoms with van der Waals surface area (Å²) in [6.45, 7) is 0.605. The number of hydrogen-bond donors (Lipinski definition) is 1. The summed E-state index contributed by atoms with van der Waals surface area (Å²) in [7, 11) is 0. The lowest BCUT2D eigenvalue weighted by Crippen LogP contribution is -2.27. The highest BCUT2D eigenvalue weighted by Gasteiger charge is 2.06. The zero-order valence-electron chi connectivity index (χ0n) is 8.59. The molecule has 82 valence electrons. The van der Waals surface area contributed by atoms with Crippen molar-refractivity contribution in [1.29, 1.82) is 0 Å². The van der Waals surface area contributed by atoms with Crippen LogP contribution in [0.5, 0.6) is 0 Å². The lowest BCUT2D eigenvalue weighted by atomic mass is 10.2. The third-order valence-electron chi connectivity index (χ3n) is 2.05. The van der Waals surface area contributed by atoms with Gasteiger partial charge in [-0.05, 0) is 34.9 Å². The van der Waals surface area contributed by atoms with Crippen LogP contribution in [0.3, 0.4) is 0 Å². The topological polar surface area (TPSA) is 54.9 Å². The quantitative estimate of drug-likeness (QED) is 0.871. The Morgan fingerprint density at radius 3 is 2.88 bits per heavy atom. The Balaban J connectivity index is 1.81. The fourth-order valence-electron chi connectivity index (χ4n) is 1.25. The minimum atomic E-state index is -0.226. The summed E-state index contributed by atoms with van der Waals surface area (Å²) in [4.78, 5) is 19.3. The molecule has 0 aliphatic carbocycles. The van der Waals surface area contributed by atoms with Crippen molar-refractivity contribution in [2.75, 3.05) is 6.54 Å². The molecule has 0 unspecified atom stereocenters. The molecule has 4 nitrogen and oxygen atoms in total. The summed E-state index contributed by atoms with van der Waals surface area (Å²) in [5, 5.41) is 6.88. The van der Waals surface area contributed by atoms with Crippen LogP contribution in [0.4, 0.5) is 0 Å². The van der Waals surface area contributed by atoms with Gasteiger partial charge in [-0.1, -0.05) is 0 Å². The van der Waals surface area contributed by atoms with Gasteiger partial charge in [0.1, 0.15) is 0 Å². The van der Waals surface area contributed by atoms with E-state index in [2.05, 4.69) is 26.7 Å². The first-order valence-electron chi connectivity index (χ1n) is 4.92. The lowest BCUT2D eigenvalue weighted by molar-refractivity contribution is 0.0943. The monoisotopic (exact) mass is 233 g/mol. The van der Waals surface area contributed by atoms with Crippen molar-refractivity contribution in [3.8, 4) is 0 Å². The highest BCUT2D eigenvalue weighted by Crippen LogP contribution is 2.05. The van der Waals surface area contributed by atoms with Crippen molar-refractivity contribution in [2.24, 2.45) is 0 Å². The minimum absolute atomic E-state index is 0.216. The Kier molecular flexibility index (Phi) is 3.61. The number of hydrogen-bond acceptors (Lipinski definition) is 4. The zero-order chi connectivity index (χ0) is 11.2. The van der Waals surface area contributed by atoms with Gasteiger partial charge in [0, 0.05) is 18.9 Å². The van der Waals surface area contributed by atoms with Gasteiger partial charge in [0.05, 0.1) is 0 Å². The standard InChI is InChI=1S/C11H11N3OS/c15-11(10-12-4-1-5-13-10)14-6-2-9-3-7-16-8-9/h1,3-5,7-8H,2,6H2,(H,14,15). The van der Waals surface area contributed by atoms with Crippen LogP contribution in [0.2, 0.25) is 0 Å². The molecule has 0 saturated heterocycles. The molecule has 0 spiro atoms. The molecule has 1 amide bonds. The first kappa shape index (κ1) is 10.8. The molecule has 2 aromatic rings. The van der Waals surface area contributed by atoms with Crippen molar-refractivity contribution in [1.82, 2.24) is 15.3 Å². The summed E-state index contributed by atoms with van der Waals surface area (Å²) in [5.74, 6) is -0.0105. The van der Waals surface area contributed by atoms with Crippen LogP contribution in [-0.4, -0.2) is 22.4 Å². The SMILES string of the molecule is O=C(NCCc1ccsc1)c1ncccn1. The van der Waals surface area contributed by atoms with Gasteiger partial charge in [0.15, 0.2) is 0 Å². The summed E-state index contributed by atoms with van der Waals surface area (Å²) in [5.41, 5.74) is 1.24. The van der Waals surface area contributed by atoms with Crippen LogP contribution >= 0.6 is 11.3 Å². The van der Waals surface area contributed by atoms with E-state index < -0.39 is 0 Å². The molecular weight excluding hydrogens is 222 g/mol. The molecular formula is C11H11N3OS. The maximum atomic E-state index is 11.5. The molecule has 0 bridgehead atoms. The maximum Gasteiger partial charge on any atom is 0.289 e. The average Bonchev–Trinajstić information content (AvgIpc) is 2.83. The number of thiophene rings is 1. The highest BCUT2D eigenvalue weighted by molar-refractivity contribution is 7.07. The Labute approximate surface area is 97.4 Å². The second-order valence-corrected chi connectivity index (χ2v) is 3.99. The van der Waals surface area contributed by atoms with Gasteiger partial charge < -0.3 is 5.32 Å². The van der Waals surface area contributed by atoms with E-state index in [1.165, 1.54) is 5.56 Å². The number of aromatic nitrogens is 2. The van der Waals surface area contributed by atoms with E-state index in [1.54, 1.807) is 29.8 Å². The lowest BCUT2D eigenvalue weighted by Gasteiger charge is -2.02. The smallest absolute Gasteiger partial charge is 0.289 e. The number of carbonyl (C=O) groups excluding carboxylic acids is 1. The average molecular weight is 233 g/mol. The van der Waals surface area contributed by atoms with E-state index in [1.807, 2.05) is 5.38 Å². The minimum Gasteiger partial charge on any atom is -0.349 e. The van der Waals surface area contributed by atoms with Crippen LogP contribution < -0.4 is 5.32 Å². The maximum absolute atomic E-state index is 11.5. The van der Waals surface area contributed by atoms with E-state index in [9.17, 15) is 4.79 Å². The third-order valence-corrected chi connectivity index (χ3v) is 2.78. The molecule has 16 heavy (non-hydrogen) atoms. The second-order valence-electron chi connectivity index (χ2n) is 3.21. The fourth-order valence-corrected chi connectivity index (χ4v) is 1.95. The molecule has 0 fully saturated rings. The number of rotatable bonds is 4. The van der Waals surface area contributed by atoms with E-state index >= 15 is 0 Å². The molecule has 2 rings (SSSR count). The van der Waals surface area contributed by atoms with Gasteiger partial charge in [-0.2, -0.15) is 11.3 Å². The Bertz CT molecular complexity index is 442. The van der Waals surface area contributed by atoms with Crippen LogP contribution in [0.15, 0.2) is 35.3 Å². The number of nitrogens with zero attached hydrogens (tertiary/aromatic N) is 2. The van der Waals surface area contributed by atoms with Crippen molar-refractivity contribution >= 4 is 17.2 Å². The normalized spacial score (nSPS) is 10.0. The third kappa shape index (κ3) is 2.87. The fraction of sp³-hybridized carbons (Fsp3) is 0.182. The Morgan fingerprint density at radius 2 is 2.19 bits per heavy atom. The largest absolute Gasteiger partial charge is 0.349 e. The number of nitrogens with one attached hydrogen (secondary N) is 1. The molecule has 1 N–H and O–H groups in total. The molecule has 5 heteroatoms. The molecule has 2 aromatic heterocycles. The van der Waals surface area contributed by atoms with Crippen LogP contribution in [-0.2, 0) is 6.42 Å². The zero-order valence-corrected chi connectivity index (χ0v) is 9.41. The van der Waals surface area contributed by atoms with E-state index in [4.69, 9.17) is 0 Å². The van der Waals surface area contributed by atoms with Crippen molar-refractivity contribution in [3.63, 3.8) is 0 Å². The summed E-state index contributed by atoms with van der Waals surface area (Å²) in [6.07, 6.45) is 3.95. The van der Waals surface area contributed by atoms with Crippen molar-refractivity contribution < 1.29 is 4.79 Å². The first-order valence-corrected chi connectivity index (χ1v) is 5.87. The summed E-state index contributed by atoms with van der Waals surface area (Å²) in [6, 6.07) is 3.73. The predicted molar refractivity (Wildman–Crippen MR) is 62.4 cm³/mol. The van der Waals surface area contributed by atoms with Gasteiger partial charge in [-0.15, -0.1) is 0 Å². The second kappa shape index (κ2) is 5.37. The van der Waals surface area contributed by atoms with Crippen LogP contribution in [0, 0.1) is 0 Å². The Hall–Kier alpha value is -1.75. The van der Waals surface area contributed by atoms with E-state index in [0.29, 0.717) is 6.54 Å². The molecule has 2 heterocycles. The van der Waals surface area contributed by atoms with Gasteiger partial charge >= 0.3 is 0 Å². The molecule has 0 aliphatic heterocycles. The molecule has 0 saturated carbocycles. The number of amides is 1. The molecule has 0 radical (unpaired) electrons. The first-order chi connectivity index (χ1) is 7.86. The van der Waals surface area contributed by atoms with Crippen molar-refractivity contribution in [2.45, 2.75) is 6.42 Å². The Morgan fingerprint density at radius 1 is 1.38 bits per heavy atom. The summed E-state index contributed by atoms with van der Waals surface area (Å²) < 4.78 is 0. The number of carbonyl (C=O) groups is 1. The van der Waals surface area contributed by atoms with Gasteiger partial charge in [-0.3, -0.25) is 4.79 Å². The van der Waals surface area contributed by atoms with Gasteiger partial charge in [0.2, 0.25) is 5.82 Å². The molecule has 0 atom stereocenters.